The molecule has 2 rings (SSSR count). The first-order valence-corrected chi connectivity index (χ1v) is 7.79. The number of nitriles is 1. The maximum Gasteiger partial charge on any atom is 0.224 e. The van der Waals surface area contributed by atoms with Crippen LogP contribution in [0.25, 0.3) is 0 Å². The summed E-state index contributed by atoms with van der Waals surface area (Å²) in [5.41, 5.74) is 1.48. The first-order chi connectivity index (χ1) is 12.0. The minimum Gasteiger partial charge on any atom is -0.354 e. The lowest BCUT2D eigenvalue weighted by Gasteiger charge is -2.21. The molecule has 0 aliphatic carbocycles. The number of rotatable bonds is 6. The van der Waals surface area contributed by atoms with E-state index in [1.807, 2.05) is 6.07 Å². The Bertz CT molecular complexity index is 797. The van der Waals surface area contributed by atoms with Crippen LogP contribution in [0.5, 0.6) is 0 Å². The van der Waals surface area contributed by atoms with Crippen LogP contribution in [0.3, 0.4) is 0 Å². The van der Waals surface area contributed by atoms with Crippen molar-refractivity contribution in [2.24, 2.45) is 0 Å². The molecular weight excluding hydrogens is 321 g/mol. The van der Waals surface area contributed by atoms with Crippen LogP contribution in [0.1, 0.15) is 18.1 Å². The van der Waals surface area contributed by atoms with Gasteiger partial charge in [-0.05, 0) is 35.9 Å². The summed E-state index contributed by atoms with van der Waals surface area (Å²) in [4.78, 5) is 25.2. The van der Waals surface area contributed by atoms with Gasteiger partial charge >= 0.3 is 0 Å². The Balaban J connectivity index is 1.91. The highest BCUT2D eigenvalue weighted by molar-refractivity contribution is 5.91. The molecule has 0 aliphatic heterocycles. The van der Waals surface area contributed by atoms with Crippen LogP contribution in [0.2, 0.25) is 0 Å². The molecule has 0 atom stereocenters. The minimum atomic E-state index is -0.416. The molecule has 128 valence electrons. The molecule has 0 unspecified atom stereocenters. The van der Waals surface area contributed by atoms with Crippen LogP contribution >= 0.6 is 0 Å². The highest BCUT2D eigenvalue weighted by atomic mass is 19.1. The van der Waals surface area contributed by atoms with Crippen molar-refractivity contribution < 1.29 is 14.0 Å². The Labute approximate surface area is 145 Å². The van der Waals surface area contributed by atoms with E-state index >= 15 is 0 Å². The summed E-state index contributed by atoms with van der Waals surface area (Å²) in [6.45, 7) is 1.95. The molecule has 0 heterocycles. The van der Waals surface area contributed by atoms with Gasteiger partial charge < -0.3 is 10.2 Å². The molecule has 0 saturated heterocycles. The van der Waals surface area contributed by atoms with Crippen molar-refractivity contribution in [2.75, 3.05) is 18.0 Å². The van der Waals surface area contributed by atoms with E-state index in [1.54, 1.807) is 42.5 Å². The Morgan fingerprint density at radius 1 is 1.16 bits per heavy atom. The van der Waals surface area contributed by atoms with E-state index in [0.717, 1.165) is 0 Å². The summed E-state index contributed by atoms with van der Waals surface area (Å²) >= 11 is 0. The zero-order chi connectivity index (χ0) is 18.2. The van der Waals surface area contributed by atoms with Crippen LogP contribution in [0.15, 0.2) is 48.5 Å². The minimum absolute atomic E-state index is 0.0520. The van der Waals surface area contributed by atoms with E-state index in [0.29, 0.717) is 16.8 Å². The molecule has 0 fully saturated rings. The number of anilines is 1. The highest BCUT2D eigenvalue weighted by Crippen LogP contribution is 2.15. The van der Waals surface area contributed by atoms with Crippen molar-refractivity contribution in [3.8, 4) is 6.07 Å². The molecule has 2 aromatic rings. The monoisotopic (exact) mass is 339 g/mol. The molecule has 0 spiro atoms. The number of nitrogens with zero attached hydrogens (tertiary/aromatic N) is 2. The lowest BCUT2D eigenvalue weighted by atomic mass is 10.1. The molecule has 0 radical (unpaired) electrons. The van der Waals surface area contributed by atoms with E-state index in [1.165, 1.54) is 17.9 Å². The van der Waals surface area contributed by atoms with Gasteiger partial charge in [0.1, 0.15) is 5.82 Å². The van der Waals surface area contributed by atoms with E-state index in [2.05, 4.69) is 5.32 Å². The van der Waals surface area contributed by atoms with Gasteiger partial charge in [-0.1, -0.05) is 18.2 Å². The summed E-state index contributed by atoms with van der Waals surface area (Å²) in [7, 11) is 0. The van der Waals surface area contributed by atoms with Gasteiger partial charge in [0, 0.05) is 25.7 Å². The number of hydrogen-bond acceptors (Lipinski definition) is 3. The Morgan fingerprint density at radius 3 is 2.44 bits per heavy atom. The van der Waals surface area contributed by atoms with Crippen molar-refractivity contribution in [2.45, 2.75) is 13.3 Å². The average Bonchev–Trinajstić information content (AvgIpc) is 2.60. The number of carbonyl (C=O) groups excluding carboxylic acids is 2. The molecule has 0 saturated carbocycles. The first-order valence-electron chi connectivity index (χ1n) is 7.79. The normalized spacial score (nSPS) is 9.96. The van der Waals surface area contributed by atoms with Crippen molar-refractivity contribution in [1.82, 2.24) is 5.32 Å². The summed E-state index contributed by atoms with van der Waals surface area (Å²) in [6.07, 6.45) is -0.0520. The van der Waals surface area contributed by atoms with Gasteiger partial charge in [-0.3, -0.25) is 9.59 Å². The third-order valence-corrected chi connectivity index (χ3v) is 3.65. The predicted molar refractivity (Wildman–Crippen MR) is 92.3 cm³/mol. The van der Waals surface area contributed by atoms with Gasteiger partial charge in [0.15, 0.2) is 0 Å². The number of benzene rings is 2. The zero-order valence-electron chi connectivity index (χ0n) is 13.8. The van der Waals surface area contributed by atoms with Crippen LogP contribution < -0.4 is 10.2 Å². The molecule has 2 amide bonds. The highest BCUT2D eigenvalue weighted by Gasteiger charge is 2.12. The van der Waals surface area contributed by atoms with Crippen molar-refractivity contribution in [1.29, 1.82) is 5.26 Å². The fourth-order valence-corrected chi connectivity index (χ4v) is 2.37. The summed E-state index contributed by atoms with van der Waals surface area (Å²) < 4.78 is 13.5. The maximum absolute atomic E-state index is 13.5. The predicted octanol–water partition coefficient (Wildman–Crippen LogP) is 2.41. The number of carbonyl (C=O) groups is 2. The second kappa shape index (κ2) is 8.60. The van der Waals surface area contributed by atoms with Crippen LogP contribution in [-0.4, -0.2) is 24.9 Å². The summed E-state index contributed by atoms with van der Waals surface area (Å²) in [6, 6.07) is 14.8. The quantitative estimate of drug-likeness (QED) is 0.878. The van der Waals surface area contributed by atoms with Gasteiger partial charge in [-0.15, -0.1) is 0 Å². The van der Waals surface area contributed by atoms with E-state index < -0.39 is 5.82 Å². The van der Waals surface area contributed by atoms with Gasteiger partial charge in [-0.2, -0.15) is 5.26 Å². The van der Waals surface area contributed by atoms with Gasteiger partial charge in [-0.25, -0.2) is 4.39 Å². The molecule has 0 bridgehead atoms. The molecular formula is C19H18FN3O2. The van der Waals surface area contributed by atoms with Crippen molar-refractivity contribution in [3.05, 3.63) is 65.5 Å². The smallest absolute Gasteiger partial charge is 0.224 e. The molecule has 0 aliphatic rings. The average molecular weight is 339 g/mol. The Kier molecular flexibility index (Phi) is 6.24. The van der Waals surface area contributed by atoms with Crippen LogP contribution in [0.4, 0.5) is 10.1 Å². The Hall–Kier alpha value is -3.20. The molecule has 1 N–H and O–H groups in total. The third-order valence-electron chi connectivity index (χ3n) is 3.65. The summed E-state index contributed by atoms with van der Waals surface area (Å²) in [5, 5.41) is 11.5. The van der Waals surface area contributed by atoms with Crippen molar-refractivity contribution >= 4 is 17.5 Å². The molecule has 0 aromatic heterocycles. The molecule has 25 heavy (non-hydrogen) atoms. The SMILES string of the molecule is CC(=O)N(CCNC(=O)Cc1ccccc1F)c1ccc(C#N)cc1. The molecule has 6 heteroatoms. The topological polar surface area (TPSA) is 73.2 Å². The number of hydrogen-bond donors (Lipinski definition) is 1. The Morgan fingerprint density at radius 2 is 1.84 bits per heavy atom. The summed E-state index contributed by atoms with van der Waals surface area (Å²) in [5.74, 6) is -0.901. The first kappa shape index (κ1) is 18.1. The van der Waals surface area contributed by atoms with Crippen LogP contribution in [0, 0.1) is 17.1 Å². The third kappa shape index (κ3) is 5.15. The number of nitrogens with one attached hydrogen (secondary N) is 1. The number of amides is 2. The lowest BCUT2D eigenvalue weighted by Crippen LogP contribution is -2.38. The standard InChI is InChI=1S/C19H18FN3O2/c1-14(24)23(17-8-6-15(13-21)7-9-17)11-10-22-19(25)12-16-4-2-3-5-18(16)20/h2-9H,10-12H2,1H3,(H,22,25). The molecule has 5 nitrogen and oxygen atoms in total. The fraction of sp³-hybridized carbons (Fsp3) is 0.211. The number of halogens is 1. The van der Waals surface area contributed by atoms with E-state index in [-0.39, 0.29) is 31.3 Å². The van der Waals surface area contributed by atoms with Gasteiger partial charge in [0.05, 0.1) is 18.1 Å². The van der Waals surface area contributed by atoms with Gasteiger partial charge in [0.25, 0.3) is 0 Å². The maximum atomic E-state index is 13.5. The molecule has 2 aromatic carbocycles. The van der Waals surface area contributed by atoms with Crippen molar-refractivity contribution in [3.63, 3.8) is 0 Å². The van der Waals surface area contributed by atoms with Crippen LogP contribution in [-0.2, 0) is 16.0 Å². The largest absolute Gasteiger partial charge is 0.354 e. The second-order valence-corrected chi connectivity index (χ2v) is 5.45. The second-order valence-electron chi connectivity index (χ2n) is 5.45. The zero-order valence-corrected chi connectivity index (χ0v) is 13.8. The fourth-order valence-electron chi connectivity index (χ4n) is 2.37. The lowest BCUT2D eigenvalue weighted by molar-refractivity contribution is -0.121. The van der Waals surface area contributed by atoms with Gasteiger partial charge in [0.2, 0.25) is 11.8 Å². The van der Waals surface area contributed by atoms with E-state index in [9.17, 15) is 14.0 Å². The van der Waals surface area contributed by atoms with E-state index in [4.69, 9.17) is 5.26 Å².